The highest BCUT2D eigenvalue weighted by Crippen LogP contribution is 2.47. The molecule has 0 saturated carbocycles. The molecular weight excluding hydrogens is 1800 g/mol. The van der Waals surface area contributed by atoms with Crippen LogP contribution >= 0.6 is 21.6 Å². The van der Waals surface area contributed by atoms with Gasteiger partial charge in [0.2, 0.25) is 100 Å². The van der Waals surface area contributed by atoms with E-state index in [0.717, 1.165) is 46.4 Å². The molecule has 43 nitrogen and oxygen atoms in total. The van der Waals surface area contributed by atoms with E-state index in [2.05, 4.69) is 84.7 Å². The average Bonchev–Trinajstić information content (AvgIpc) is 1.28. The molecule has 13 atom stereocenters. The summed E-state index contributed by atoms with van der Waals surface area (Å²) in [7, 11) is 1.75. The van der Waals surface area contributed by atoms with E-state index in [4.69, 9.17) is 44.9 Å². The van der Waals surface area contributed by atoms with Crippen molar-refractivity contribution in [2.75, 3.05) is 39.3 Å². The number of aromatic nitrogens is 1. The summed E-state index contributed by atoms with van der Waals surface area (Å²) in [6.45, 7) is 15.8. The van der Waals surface area contributed by atoms with Gasteiger partial charge in [-0.3, -0.25) is 81.5 Å². The molecule has 1 aromatic heterocycles. The highest BCUT2D eigenvalue weighted by atomic mass is 33.1. The number of nitrogens with two attached hydrogens (primary N) is 7. The van der Waals surface area contributed by atoms with E-state index in [0.29, 0.717) is 58.1 Å². The van der Waals surface area contributed by atoms with Crippen molar-refractivity contribution < 1.29 is 96.1 Å². The molecule has 1 aliphatic rings. The number of aliphatic hydroxyl groups is 1. The van der Waals surface area contributed by atoms with Crippen molar-refractivity contribution in [2.45, 2.75) is 272 Å². The maximum atomic E-state index is 16.4. The third-order valence-corrected chi connectivity index (χ3v) is 26.9. The number of hydrogen-bond donors (Lipinski definition) is 24. The summed E-state index contributed by atoms with van der Waals surface area (Å²) in [6, 6.07) is 4.13. The van der Waals surface area contributed by atoms with Crippen LogP contribution in [0.25, 0.3) is 21.7 Å². The minimum atomic E-state index is -2.07. The van der Waals surface area contributed by atoms with Gasteiger partial charge in [-0.1, -0.05) is 94.4 Å². The maximum Gasteiger partial charge on any atom is 0.312 e. The Balaban J connectivity index is 1.52. The van der Waals surface area contributed by atoms with Crippen LogP contribution in [0.15, 0.2) is 91.1 Å². The molecule has 2 heterocycles. The minimum Gasteiger partial charge on any atom is -0.492 e. The Bertz CT molecular complexity index is 5070. The molecule has 31 N–H and O–H groups in total. The number of aromatic amines is 1. The molecule has 1 unspecified atom stereocenters. The molecule has 0 spiro atoms. The standard InChI is InChI=1S/C91H135N23O20S2/c1-49-22-20-25-59-57(48-101-70(49)59)45-65-78(124)103-61(28-21-40-100-87(98)133)76(122)112-73(90(9,10)136-135-89(7,8)72(102-52(4)117)83(129)108-66(46-68(95)118)79(125)111-71(50(2)115)82(128)106-65)84(130)107-63(43-53-30-33-58(34-31-53)134-41-38-94)77(123)104-64(44-54-29-32-55-23-12-13-24-56(55)42-54)81(127)114-91(11,35-16-18-37-93)86(132)110-62(27-15-19-39-99-51(3)116)75(121)105-67(47-69(96)119)80(126)113-88(5,6)85(131)109-60(74(97)120)26-14-17-36-92/h12-13,20,22-25,29-34,42,48,50,60-67,71-73,101,115H,14-19,21,26-28,35-41,43-47,92-94H2,1-11H3,(H2,95,118)(H2,96,119)(H2,97,120)(H,99,116)(H,102,117)(H,103,124)(H,104,123)(H,105,121)(H,106,128)(H,107,130)(H,108,129)(H,109,131)(H,110,132)(H,111,125)(H,112,122)(H,113,126)(H,114,127)(H3,98,100,133)/t50-,60-,61+,62+,63+,64+,65+,66+,67+,71+,72-,73-,91?/m1/s1. The first kappa shape index (κ1) is 112. The maximum absolute atomic E-state index is 16.4. The summed E-state index contributed by atoms with van der Waals surface area (Å²) < 4.78 is 2.51. The zero-order valence-corrected chi connectivity index (χ0v) is 80.3. The first-order chi connectivity index (χ1) is 64.0. The van der Waals surface area contributed by atoms with Crippen LogP contribution in [0, 0.1) is 6.92 Å². The second-order valence-electron chi connectivity index (χ2n) is 35.6. The van der Waals surface area contributed by atoms with Gasteiger partial charge in [0.05, 0.1) is 18.9 Å². The molecule has 1 fully saturated rings. The Morgan fingerprint density at radius 1 is 0.537 bits per heavy atom. The highest BCUT2D eigenvalue weighted by molar-refractivity contribution is 8.77. The summed E-state index contributed by atoms with van der Waals surface area (Å²) in [5.74, 6) is -16.8. The largest absolute Gasteiger partial charge is 0.492 e. The quantitative estimate of drug-likeness (QED) is 0.0144. The van der Waals surface area contributed by atoms with Crippen LogP contribution in [-0.4, -0.2) is 249 Å². The molecule has 45 heteroatoms. The van der Waals surface area contributed by atoms with E-state index >= 15 is 28.8 Å². The second-order valence-corrected chi connectivity index (χ2v) is 39.0. The number of unbranched alkanes of at least 4 members (excludes halogenated alkanes) is 3. The number of aliphatic hydroxyl groups excluding tert-OH is 1. The van der Waals surface area contributed by atoms with Gasteiger partial charge in [0, 0.05) is 79.3 Å². The number of aryl methyl sites for hydroxylation is 1. The summed E-state index contributed by atoms with van der Waals surface area (Å²) in [4.78, 5) is 261. The monoisotopic (exact) mass is 1930 g/mol. The van der Waals surface area contributed by atoms with Crippen LogP contribution < -0.4 is 125 Å². The fraction of sp³-hybridized carbons (Fsp3) is 0.538. The number of amides is 19. The molecule has 19 amide bonds. The number of hydrogen-bond acceptors (Lipinski definition) is 25. The topological polar surface area (TPSA) is 715 Å². The molecule has 746 valence electrons. The summed E-state index contributed by atoms with van der Waals surface area (Å²) in [6.07, 6.45) is -2.17. The molecule has 0 bridgehead atoms. The van der Waals surface area contributed by atoms with E-state index in [1.54, 1.807) is 72.9 Å². The normalized spacial score (nSPS) is 19.0. The Hall–Kier alpha value is -12.7. The van der Waals surface area contributed by atoms with Gasteiger partial charge in [-0.05, 0) is 191 Å². The molecule has 136 heavy (non-hydrogen) atoms. The fourth-order valence-electron chi connectivity index (χ4n) is 14.9. The smallest absolute Gasteiger partial charge is 0.312 e. The van der Waals surface area contributed by atoms with E-state index < -0.39 is 213 Å². The third-order valence-electron chi connectivity index (χ3n) is 22.6. The Kier molecular flexibility index (Phi) is 43.6. The SMILES string of the molecule is CC(=O)NCCCC[C@H](NC(=O)C(C)(CCCCN)NC(=O)[C@H](Cc1ccc2ccccc2c1)NC(=O)[C@H](Cc1ccc(OCCN)cc1)NC(=O)[C@H]1NC(=O)[C@H](CCCNC(N)=O)NC(=O)[C@H](Cc2c[nH]c3c(C)cccc23)NC(=O)[C@H]([C@@H](C)O)NC(=O)[C@H](CC(N)=O)NC(=O)[C@@H](NC(C)=O)C(C)(C)SSC1(C)C)C(=O)N[C@@H](CC(N)=O)C(=O)NC(C)(C)C(=O)N[C@H](CCCCN)C(N)=O. The van der Waals surface area contributed by atoms with Crippen LogP contribution in [-0.2, 0) is 101 Å². The molecule has 0 aliphatic carbocycles. The predicted molar refractivity (Wildman–Crippen MR) is 512 cm³/mol. The molecule has 4 aromatic carbocycles. The number of para-hydroxylation sites is 1. The molecule has 5 aromatic rings. The average molecular weight is 1940 g/mol. The van der Waals surface area contributed by atoms with Gasteiger partial charge < -0.3 is 135 Å². The van der Waals surface area contributed by atoms with Gasteiger partial charge in [0.1, 0.15) is 89.9 Å². The summed E-state index contributed by atoms with van der Waals surface area (Å²) in [5.41, 5.74) is 38.7. The van der Waals surface area contributed by atoms with E-state index in [-0.39, 0.29) is 109 Å². The summed E-state index contributed by atoms with van der Waals surface area (Å²) >= 11 is 0. The zero-order valence-electron chi connectivity index (χ0n) is 78.7. The lowest BCUT2D eigenvalue weighted by atomic mass is 9.91. The number of fused-ring (bicyclic) bond motifs is 2. The number of ether oxygens (including phenoxy) is 1. The van der Waals surface area contributed by atoms with Crippen LogP contribution in [0.4, 0.5) is 4.79 Å². The number of carbonyl (C=O) groups excluding carboxylic acids is 18. The third kappa shape index (κ3) is 35.2. The number of benzene rings is 4. The molecule has 6 rings (SSSR count). The van der Waals surface area contributed by atoms with Crippen molar-refractivity contribution in [3.05, 3.63) is 113 Å². The van der Waals surface area contributed by atoms with Crippen molar-refractivity contribution in [3.63, 3.8) is 0 Å². The lowest BCUT2D eigenvalue weighted by molar-refractivity contribution is -0.139. The predicted octanol–water partition coefficient (Wildman–Crippen LogP) is -2.30. The van der Waals surface area contributed by atoms with Gasteiger partial charge in [-0.15, -0.1) is 0 Å². The number of urea groups is 1. The molecule has 1 aliphatic heterocycles. The van der Waals surface area contributed by atoms with E-state index in [1.165, 1.54) is 55.4 Å². The van der Waals surface area contributed by atoms with Crippen molar-refractivity contribution >= 4 is 150 Å². The van der Waals surface area contributed by atoms with Crippen LogP contribution in [0.5, 0.6) is 5.75 Å². The Morgan fingerprint density at radius 2 is 1.11 bits per heavy atom. The van der Waals surface area contributed by atoms with Gasteiger partial charge in [-0.25, -0.2) is 4.79 Å². The van der Waals surface area contributed by atoms with Crippen molar-refractivity contribution in [1.82, 2.24) is 84.7 Å². The lowest BCUT2D eigenvalue weighted by Crippen LogP contribution is -2.65. The first-order valence-electron chi connectivity index (χ1n) is 45.0. The molecular formula is C91H135N23O20S2. The molecule has 1 saturated heterocycles. The van der Waals surface area contributed by atoms with Gasteiger partial charge >= 0.3 is 6.03 Å². The fourth-order valence-corrected chi connectivity index (χ4v) is 17.8. The Labute approximate surface area is 797 Å². The number of primary amides is 4. The van der Waals surface area contributed by atoms with E-state index in [9.17, 15) is 62.6 Å². The number of H-pyrrole nitrogens is 1. The van der Waals surface area contributed by atoms with Crippen LogP contribution in [0.1, 0.15) is 175 Å². The van der Waals surface area contributed by atoms with Crippen molar-refractivity contribution in [2.24, 2.45) is 40.1 Å². The summed E-state index contributed by atoms with van der Waals surface area (Å²) in [5, 5.41) is 52.8. The Morgan fingerprint density at radius 3 is 1.74 bits per heavy atom. The number of rotatable bonds is 47. The van der Waals surface area contributed by atoms with Crippen LogP contribution in [0.3, 0.4) is 0 Å². The van der Waals surface area contributed by atoms with Crippen molar-refractivity contribution in [1.29, 1.82) is 0 Å². The number of nitrogens with one attached hydrogen (secondary N) is 16. The van der Waals surface area contributed by atoms with Gasteiger partial charge in [-0.2, -0.15) is 0 Å². The second kappa shape index (κ2) is 53.0. The van der Waals surface area contributed by atoms with Gasteiger partial charge in [0.15, 0.2) is 0 Å². The van der Waals surface area contributed by atoms with E-state index in [1.807, 2.05) is 25.1 Å². The van der Waals surface area contributed by atoms with Gasteiger partial charge in [0.25, 0.3) is 0 Å². The first-order valence-corrected chi connectivity index (χ1v) is 47.2. The lowest BCUT2D eigenvalue weighted by Gasteiger charge is -2.39. The zero-order chi connectivity index (χ0) is 101. The van der Waals surface area contributed by atoms with Crippen LogP contribution in [0.2, 0.25) is 0 Å². The molecule has 0 radical (unpaired) electrons. The highest BCUT2D eigenvalue weighted by Gasteiger charge is 2.48. The minimum absolute atomic E-state index is 0.0942. The number of carbonyl (C=O) groups is 18. The van der Waals surface area contributed by atoms with Crippen molar-refractivity contribution in [3.8, 4) is 5.75 Å².